The summed E-state index contributed by atoms with van der Waals surface area (Å²) in [6.07, 6.45) is -4.61. The van der Waals surface area contributed by atoms with Gasteiger partial charge in [-0.3, -0.25) is 10.2 Å². The Bertz CT molecular complexity index is 395. The second-order valence-corrected chi connectivity index (χ2v) is 3.57. The summed E-state index contributed by atoms with van der Waals surface area (Å²) in [5, 5.41) is 0. The average Bonchev–Trinajstić information content (AvgIpc) is 2.15. The van der Waals surface area contributed by atoms with Crippen molar-refractivity contribution in [2.45, 2.75) is 6.18 Å². The first-order valence-corrected chi connectivity index (χ1v) is 4.59. The number of benzene rings is 1. The molecule has 0 aromatic heterocycles. The van der Waals surface area contributed by atoms with Gasteiger partial charge in [-0.05, 0) is 16.2 Å². The van der Waals surface area contributed by atoms with Crippen molar-refractivity contribution in [3.05, 3.63) is 35.4 Å². The summed E-state index contributed by atoms with van der Waals surface area (Å²) in [6.45, 7) is 0. The van der Waals surface area contributed by atoms with Crippen LogP contribution in [0.4, 0.5) is 13.2 Å². The van der Waals surface area contributed by atoms with Crippen molar-refractivity contribution in [1.82, 2.24) is 9.47 Å². The van der Waals surface area contributed by atoms with E-state index in [-0.39, 0.29) is 4.05 Å². The van der Waals surface area contributed by atoms with Crippen LogP contribution >= 0.6 is 23.6 Å². The minimum Gasteiger partial charge on any atom is -0.268 e. The third-order valence-electron chi connectivity index (χ3n) is 1.66. The molecule has 0 spiro atoms. The molecule has 3 nitrogen and oxygen atoms in total. The quantitative estimate of drug-likeness (QED) is 0.663. The van der Waals surface area contributed by atoms with Gasteiger partial charge in [-0.15, -0.1) is 0 Å². The van der Waals surface area contributed by atoms with Crippen LogP contribution < -0.4 is 5.43 Å². The van der Waals surface area contributed by atoms with Crippen LogP contribution in [0, 0.1) is 0 Å². The number of carbonyl (C=O) groups excluding carboxylic acids is 1. The first-order valence-electron chi connectivity index (χ1n) is 3.91. The Balaban J connectivity index is 3.09. The van der Waals surface area contributed by atoms with Crippen molar-refractivity contribution < 1.29 is 18.0 Å². The lowest BCUT2D eigenvalue weighted by atomic mass is 10.1. The standard InChI is InChI=1S/C8H5Cl2F3N2O/c9-15(10)14-7(16)5-3-1-2-4-6(5)8(11,12)13/h1-4H,(H,14,16). The van der Waals surface area contributed by atoms with Gasteiger partial charge in [-0.2, -0.15) is 13.2 Å². The molecule has 0 heterocycles. The van der Waals surface area contributed by atoms with Crippen LogP contribution in [0.5, 0.6) is 0 Å². The van der Waals surface area contributed by atoms with Gasteiger partial charge in [0.2, 0.25) is 0 Å². The molecule has 0 aliphatic rings. The predicted molar refractivity (Wildman–Crippen MR) is 52.5 cm³/mol. The lowest BCUT2D eigenvalue weighted by Gasteiger charge is -2.12. The Morgan fingerprint density at radius 2 is 1.81 bits per heavy atom. The zero-order chi connectivity index (χ0) is 12.3. The Morgan fingerprint density at radius 3 is 2.31 bits per heavy atom. The van der Waals surface area contributed by atoms with E-state index in [9.17, 15) is 18.0 Å². The Labute approximate surface area is 98.9 Å². The van der Waals surface area contributed by atoms with Crippen LogP contribution in [0.25, 0.3) is 0 Å². The van der Waals surface area contributed by atoms with E-state index in [1.54, 1.807) is 5.43 Å². The lowest BCUT2D eigenvalue weighted by molar-refractivity contribution is -0.137. The van der Waals surface area contributed by atoms with Crippen LogP contribution in [-0.4, -0.2) is 9.95 Å². The average molecular weight is 273 g/mol. The van der Waals surface area contributed by atoms with Gasteiger partial charge >= 0.3 is 6.18 Å². The van der Waals surface area contributed by atoms with E-state index < -0.39 is 23.2 Å². The van der Waals surface area contributed by atoms with Crippen LogP contribution in [0.15, 0.2) is 24.3 Å². The molecular formula is C8H5Cl2F3N2O. The number of rotatable bonds is 2. The summed E-state index contributed by atoms with van der Waals surface area (Å²) in [7, 11) is 0. The minimum atomic E-state index is -4.61. The molecule has 8 heteroatoms. The summed E-state index contributed by atoms with van der Waals surface area (Å²) in [6, 6.07) is 4.30. The van der Waals surface area contributed by atoms with E-state index in [1.165, 1.54) is 12.1 Å². The van der Waals surface area contributed by atoms with E-state index in [2.05, 4.69) is 0 Å². The van der Waals surface area contributed by atoms with Crippen molar-refractivity contribution in [2.24, 2.45) is 0 Å². The molecule has 0 aliphatic carbocycles. The SMILES string of the molecule is O=C(NN(Cl)Cl)c1ccccc1C(F)(F)F. The van der Waals surface area contributed by atoms with Gasteiger partial charge in [-0.1, -0.05) is 12.1 Å². The number of hydrogen-bond donors (Lipinski definition) is 1. The lowest BCUT2D eigenvalue weighted by Crippen LogP contribution is -2.31. The molecule has 1 aromatic carbocycles. The number of nitrogens with zero attached hydrogens (tertiary/aromatic N) is 1. The number of hydrazine groups is 1. The molecule has 0 saturated carbocycles. The fraction of sp³-hybridized carbons (Fsp3) is 0.125. The van der Waals surface area contributed by atoms with E-state index >= 15 is 0 Å². The number of carbonyl (C=O) groups is 1. The van der Waals surface area contributed by atoms with E-state index in [0.29, 0.717) is 0 Å². The van der Waals surface area contributed by atoms with E-state index in [0.717, 1.165) is 12.1 Å². The first-order chi connectivity index (χ1) is 7.32. The maximum atomic E-state index is 12.5. The van der Waals surface area contributed by atoms with Gasteiger partial charge in [0, 0.05) is 23.6 Å². The Kier molecular flexibility index (Phi) is 4.01. The van der Waals surface area contributed by atoms with Crippen molar-refractivity contribution in [3.8, 4) is 0 Å². The molecule has 0 atom stereocenters. The topological polar surface area (TPSA) is 32.3 Å². The van der Waals surface area contributed by atoms with Crippen molar-refractivity contribution in [1.29, 1.82) is 0 Å². The normalized spacial score (nSPS) is 11.6. The maximum absolute atomic E-state index is 12.5. The van der Waals surface area contributed by atoms with Gasteiger partial charge in [0.1, 0.15) is 0 Å². The molecule has 0 fully saturated rings. The van der Waals surface area contributed by atoms with Crippen LogP contribution in [0.1, 0.15) is 15.9 Å². The molecule has 1 amide bonds. The van der Waals surface area contributed by atoms with Crippen LogP contribution in [0.2, 0.25) is 0 Å². The van der Waals surface area contributed by atoms with Gasteiger partial charge in [0.15, 0.2) is 0 Å². The Hall–Kier alpha value is -0.980. The highest BCUT2D eigenvalue weighted by atomic mass is 35.5. The maximum Gasteiger partial charge on any atom is 0.417 e. The summed E-state index contributed by atoms with van der Waals surface area (Å²) in [4.78, 5) is 11.3. The number of amides is 1. The largest absolute Gasteiger partial charge is 0.417 e. The molecule has 0 aliphatic heterocycles. The summed E-state index contributed by atoms with van der Waals surface area (Å²) < 4.78 is 37.7. The molecule has 0 unspecified atom stereocenters. The van der Waals surface area contributed by atoms with Crippen LogP contribution in [0.3, 0.4) is 0 Å². The number of alkyl halides is 3. The monoisotopic (exact) mass is 272 g/mol. The molecule has 0 radical (unpaired) electrons. The highest BCUT2D eigenvalue weighted by Gasteiger charge is 2.34. The van der Waals surface area contributed by atoms with Crippen molar-refractivity contribution >= 4 is 29.5 Å². The zero-order valence-electron chi connectivity index (χ0n) is 7.55. The Morgan fingerprint density at radius 1 is 1.25 bits per heavy atom. The number of nitrogens with one attached hydrogen (secondary N) is 1. The fourth-order valence-electron chi connectivity index (χ4n) is 1.07. The third kappa shape index (κ3) is 3.26. The molecule has 88 valence electrons. The van der Waals surface area contributed by atoms with Gasteiger partial charge in [0.05, 0.1) is 11.1 Å². The van der Waals surface area contributed by atoms with Crippen molar-refractivity contribution in [2.75, 3.05) is 0 Å². The zero-order valence-corrected chi connectivity index (χ0v) is 9.07. The van der Waals surface area contributed by atoms with Gasteiger partial charge < -0.3 is 0 Å². The third-order valence-corrected chi connectivity index (χ3v) is 1.83. The van der Waals surface area contributed by atoms with Crippen molar-refractivity contribution in [3.63, 3.8) is 0 Å². The summed E-state index contributed by atoms with van der Waals surface area (Å²) in [5.41, 5.74) is 0.189. The number of halogens is 5. The van der Waals surface area contributed by atoms with Gasteiger partial charge in [0.25, 0.3) is 5.91 Å². The molecule has 1 aromatic rings. The smallest absolute Gasteiger partial charge is 0.268 e. The summed E-state index contributed by atoms with van der Waals surface area (Å²) >= 11 is 10.1. The molecule has 0 saturated heterocycles. The van der Waals surface area contributed by atoms with E-state index in [4.69, 9.17) is 23.6 Å². The fourth-order valence-corrected chi connectivity index (χ4v) is 1.22. The molecule has 0 bridgehead atoms. The first kappa shape index (κ1) is 13.1. The second-order valence-electron chi connectivity index (χ2n) is 2.72. The molecular weight excluding hydrogens is 268 g/mol. The highest BCUT2D eigenvalue weighted by molar-refractivity contribution is 6.34. The number of hydrogen-bond acceptors (Lipinski definition) is 2. The molecule has 1 rings (SSSR count). The highest BCUT2D eigenvalue weighted by Crippen LogP contribution is 2.31. The predicted octanol–water partition coefficient (Wildman–Crippen LogP) is 2.96. The van der Waals surface area contributed by atoms with Crippen LogP contribution in [-0.2, 0) is 6.18 Å². The summed E-state index contributed by atoms with van der Waals surface area (Å²) in [5.74, 6) is -1.04. The van der Waals surface area contributed by atoms with E-state index in [1.807, 2.05) is 0 Å². The second kappa shape index (κ2) is 4.90. The molecule has 1 N–H and O–H groups in total. The minimum absolute atomic E-state index is 0.232. The molecule has 16 heavy (non-hydrogen) atoms. The van der Waals surface area contributed by atoms with Gasteiger partial charge in [-0.25, -0.2) is 0 Å².